The number of halogens is 5. The number of carbonyl (C=O) groups excluding carboxylic acids is 1. The van der Waals surface area contributed by atoms with E-state index in [1.807, 2.05) is 0 Å². The number of ether oxygens (including phenoxy) is 1. The van der Waals surface area contributed by atoms with Crippen LogP contribution in [0.25, 0.3) is 0 Å². The largest absolute Gasteiger partial charge is 0.573 e. The van der Waals surface area contributed by atoms with Crippen molar-refractivity contribution < 1.29 is 22.7 Å². The smallest absolute Gasteiger partial charge is 0.405 e. The summed E-state index contributed by atoms with van der Waals surface area (Å²) in [7, 11) is 0. The van der Waals surface area contributed by atoms with Crippen molar-refractivity contribution in [2.24, 2.45) is 0 Å². The second kappa shape index (κ2) is 5.93. The van der Waals surface area contributed by atoms with Crippen LogP contribution in [0.15, 0.2) is 18.2 Å². The Labute approximate surface area is 115 Å². The quantitative estimate of drug-likeness (QED) is 0.601. The van der Waals surface area contributed by atoms with Gasteiger partial charge in [0.05, 0.1) is 10.7 Å². The summed E-state index contributed by atoms with van der Waals surface area (Å²) in [5.41, 5.74) is 0.401. The molecule has 0 aliphatic heterocycles. The molecule has 0 aliphatic rings. The summed E-state index contributed by atoms with van der Waals surface area (Å²) in [4.78, 5) is 11.2. The molecule has 0 saturated heterocycles. The molecule has 0 saturated carbocycles. The Bertz CT molecular complexity index is 446. The van der Waals surface area contributed by atoms with E-state index in [1.54, 1.807) is 6.92 Å². The molecule has 0 bridgehead atoms. The normalized spacial score (nSPS) is 13.2. The van der Waals surface area contributed by atoms with Gasteiger partial charge in [0.2, 0.25) is 0 Å². The fraction of sp³-hybridized carbons (Fsp3) is 0.364. The van der Waals surface area contributed by atoms with Gasteiger partial charge in [0.25, 0.3) is 0 Å². The zero-order valence-electron chi connectivity index (χ0n) is 9.22. The lowest BCUT2D eigenvalue weighted by Crippen LogP contribution is -2.18. The Morgan fingerprint density at radius 3 is 2.56 bits per heavy atom. The van der Waals surface area contributed by atoms with Gasteiger partial charge in [0.1, 0.15) is 5.75 Å². The molecule has 0 aliphatic carbocycles. The highest BCUT2D eigenvalue weighted by molar-refractivity contribution is 9.10. The van der Waals surface area contributed by atoms with Gasteiger partial charge in [-0.25, -0.2) is 0 Å². The summed E-state index contributed by atoms with van der Waals surface area (Å²) in [6.45, 7) is 1.63. The molecule has 1 unspecified atom stereocenters. The van der Waals surface area contributed by atoms with E-state index in [-0.39, 0.29) is 22.8 Å². The second-order valence-electron chi connectivity index (χ2n) is 3.48. The van der Waals surface area contributed by atoms with Gasteiger partial charge >= 0.3 is 6.36 Å². The average molecular weight is 346 g/mol. The first-order chi connectivity index (χ1) is 8.24. The molecule has 1 aromatic rings. The topological polar surface area (TPSA) is 26.3 Å². The molecule has 0 radical (unpaired) electrons. The molecule has 0 heterocycles. The number of Topliss-reactive ketones (excluding diaryl/α,β-unsaturated/α-hetero) is 1. The molecule has 0 aromatic heterocycles. The van der Waals surface area contributed by atoms with Crippen LogP contribution in [-0.2, 0) is 5.88 Å². The first kappa shape index (κ1) is 15.3. The van der Waals surface area contributed by atoms with Crippen LogP contribution in [0.1, 0.15) is 22.8 Å². The zero-order chi connectivity index (χ0) is 13.9. The van der Waals surface area contributed by atoms with Crippen molar-refractivity contribution in [2.75, 3.05) is 0 Å². The third kappa shape index (κ3) is 4.17. The Morgan fingerprint density at radius 1 is 1.50 bits per heavy atom. The van der Waals surface area contributed by atoms with Gasteiger partial charge < -0.3 is 4.74 Å². The SMILES string of the molecule is CC(Br)C(=O)c1ccc(OC(F)(F)F)c(CCl)c1. The second-order valence-corrected chi connectivity index (χ2v) is 5.12. The fourth-order valence-corrected chi connectivity index (χ4v) is 1.76. The minimum Gasteiger partial charge on any atom is -0.405 e. The number of benzene rings is 1. The lowest BCUT2D eigenvalue weighted by molar-refractivity contribution is -0.274. The van der Waals surface area contributed by atoms with Gasteiger partial charge in [-0.05, 0) is 25.1 Å². The fourth-order valence-electron chi connectivity index (χ4n) is 1.29. The minimum atomic E-state index is -4.78. The first-order valence-electron chi connectivity index (χ1n) is 4.87. The van der Waals surface area contributed by atoms with Crippen LogP contribution in [0.5, 0.6) is 5.75 Å². The van der Waals surface area contributed by atoms with Gasteiger partial charge in [-0.15, -0.1) is 24.8 Å². The lowest BCUT2D eigenvalue weighted by atomic mass is 10.1. The van der Waals surface area contributed by atoms with Crippen molar-refractivity contribution in [1.29, 1.82) is 0 Å². The molecule has 0 amide bonds. The van der Waals surface area contributed by atoms with E-state index >= 15 is 0 Å². The molecule has 0 N–H and O–H groups in total. The maximum absolute atomic E-state index is 12.1. The van der Waals surface area contributed by atoms with E-state index in [1.165, 1.54) is 12.1 Å². The molecule has 0 spiro atoms. The number of alkyl halides is 5. The maximum atomic E-state index is 12.1. The van der Waals surface area contributed by atoms with Gasteiger partial charge in [0.15, 0.2) is 5.78 Å². The lowest BCUT2D eigenvalue weighted by Gasteiger charge is -2.13. The number of carbonyl (C=O) groups is 1. The van der Waals surface area contributed by atoms with E-state index in [4.69, 9.17) is 11.6 Å². The molecular weight excluding hydrogens is 336 g/mol. The van der Waals surface area contributed by atoms with Crippen molar-refractivity contribution in [3.63, 3.8) is 0 Å². The summed E-state index contributed by atoms with van der Waals surface area (Å²) in [6.07, 6.45) is -4.78. The van der Waals surface area contributed by atoms with Gasteiger partial charge in [-0.3, -0.25) is 4.79 Å². The van der Waals surface area contributed by atoms with Crippen molar-refractivity contribution in [1.82, 2.24) is 0 Å². The molecule has 100 valence electrons. The first-order valence-corrected chi connectivity index (χ1v) is 6.32. The Kier molecular flexibility index (Phi) is 5.04. The number of hydrogen-bond donors (Lipinski definition) is 0. The summed E-state index contributed by atoms with van der Waals surface area (Å²) >= 11 is 8.64. The zero-order valence-corrected chi connectivity index (χ0v) is 11.6. The summed E-state index contributed by atoms with van der Waals surface area (Å²) in [5, 5.41) is 0. The van der Waals surface area contributed by atoms with Crippen molar-refractivity contribution >= 4 is 33.3 Å². The van der Waals surface area contributed by atoms with Crippen LogP contribution in [0.3, 0.4) is 0 Å². The summed E-state index contributed by atoms with van der Waals surface area (Å²) in [5.74, 6) is -0.806. The molecule has 18 heavy (non-hydrogen) atoms. The highest BCUT2D eigenvalue weighted by Crippen LogP contribution is 2.29. The van der Waals surface area contributed by atoms with Crippen molar-refractivity contribution in [3.05, 3.63) is 29.3 Å². The third-order valence-corrected chi connectivity index (χ3v) is 2.78. The van der Waals surface area contributed by atoms with Crippen LogP contribution in [-0.4, -0.2) is 17.0 Å². The molecule has 7 heteroatoms. The minimum absolute atomic E-state index is 0.119. The van der Waals surface area contributed by atoms with Gasteiger partial charge in [-0.1, -0.05) is 15.9 Å². The highest BCUT2D eigenvalue weighted by Gasteiger charge is 2.32. The van der Waals surface area contributed by atoms with Gasteiger partial charge in [-0.2, -0.15) is 0 Å². The number of hydrogen-bond acceptors (Lipinski definition) is 2. The maximum Gasteiger partial charge on any atom is 0.573 e. The summed E-state index contributed by atoms with van der Waals surface area (Å²) < 4.78 is 40.1. The molecule has 1 aromatic carbocycles. The van der Waals surface area contributed by atoms with E-state index < -0.39 is 16.9 Å². The van der Waals surface area contributed by atoms with Gasteiger partial charge in [0, 0.05) is 11.1 Å². The van der Waals surface area contributed by atoms with E-state index in [0.29, 0.717) is 0 Å². The monoisotopic (exact) mass is 344 g/mol. The van der Waals surface area contributed by atoms with E-state index in [2.05, 4.69) is 20.7 Å². The predicted octanol–water partition coefficient (Wildman–Crippen LogP) is 4.29. The van der Waals surface area contributed by atoms with E-state index in [0.717, 1.165) is 6.07 Å². The van der Waals surface area contributed by atoms with Crippen LogP contribution < -0.4 is 4.74 Å². The van der Waals surface area contributed by atoms with Crippen LogP contribution in [0.4, 0.5) is 13.2 Å². The highest BCUT2D eigenvalue weighted by atomic mass is 79.9. The Hall–Kier alpha value is -0.750. The molecular formula is C11H9BrClF3O2. The van der Waals surface area contributed by atoms with Crippen LogP contribution >= 0.6 is 27.5 Å². The van der Waals surface area contributed by atoms with E-state index in [9.17, 15) is 18.0 Å². The van der Waals surface area contributed by atoms with Crippen LogP contribution in [0, 0.1) is 0 Å². The Balaban J connectivity index is 3.08. The van der Waals surface area contributed by atoms with Crippen molar-refractivity contribution in [3.8, 4) is 5.75 Å². The molecule has 1 rings (SSSR count). The molecule has 0 fully saturated rings. The predicted molar refractivity (Wildman–Crippen MR) is 65.4 cm³/mol. The van der Waals surface area contributed by atoms with Crippen molar-refractivity contribution in [2.45, 2.75) is 24.0 Å². The Morgan fingerprint density at radius 2 is 2.11 bits per heavy atom. The standard InChI is InChI=1S/C11H9BrClF3O2/c1-6(12)10(17)7-2-3-9(8(4-7)5-13)18-11(14,15)16/h2-4,6H,5H2,1H3. The average Bonchev–Trinajstić information content (AvgIpc) is 2.26. The number of rotatable bonds is 4. The molecule has 1 atom stereocenters. The number of ketones is 1. The third-order valence-electron chi connectivity index (χ3n) is 2.08. The summed E-state index contributed by atoms with van der Waals surface area (Å²) in [6, 6.07) is 3.67. The van der Waals surface area contributed by atoms with Crippen LogP contribution in [0.2, 0.25) is 0 Å². The molecule has 2 nitrogen and oxygen atoms in total.